The molecule has 0 aliphatic heterocycles. The summed E-state index contributed by atoms with van der Waals surface area (Å²) in [5.74, 6) is 0.726. The van der Waals surface area contributed by atoms with Crippen LogP contribution in [0.1, 0.15) is 41.5 Å². The Balaban J connectivity index is 5.57. The summed E-state index contributed by atoms with van der Waals surface area (Å²) >= 11 is 0. The van der Waals surface area contributed by atoms with Gasteiger partial charge < -0.3 is 4.74 Å². The van der Waals surface area contributed by atoms with Gasteiger partial charge in [-0.25, -0.2) is 0 Å². The summed E-state index contributed by atoms with van der Waals surface area (Å²) in [4.78, 5) is 0. The zero-order valence-electron chi connectivity index (χ0n) is 16.9. The molecule has 0 amide bonds. The van der Waals surface area contributed by atoms with E-state index in [-0.39, 0.29) is 5.41 Å². The molecule has 0 aliphatic carbocycles. The molecule has 136 valence electrons. The standard InChI is InChI=1S/C24H34O/c1-11-13-21(17-15-19(3)4)24(9,10)25-22(14-12-2)18-16-20(5)23(6,7)8/h11-18H,1-3,5H2,4,6-10H3/b17-15-,18-16-,21-13+,22-14+. The number of allylic oxidation sites excluding steroid dienone is 9. The average Bonchev–Trinajstić information content (AvgIpc) is 2.47. The molecule has 0 saturated carbocycles. The molecular formula is C24H34O. The number of rotatable bonds is 9. The molecule has 0 atom stereocenters. The lowest BCUT2D eigenvalue weighted by Crippen LogP contribution is -2.26. The fourth-order valence-corrected chi connectivity index (χ4v) is 1.84. The van der Waals surface area contributed by atoms with Crippen LogP contribution in [0.5, 0.6) is 0 Å². The van der Waals surface area contributed by atoms with Crippen LogP contribution in [0.2, 0.25) is 0 Å². The molecule has 0 heterocycles. The van der Waals surface area contributed by atoms with Crippen molar-refractivity contribution in [1.29, 1.82) is 0 Å². The SMILES string of the molecule is C=C/C=C(\C=C/C(=C)C(C)(C)C)OC(C)(C)C(/C=C\C(=C)C)=C/C=C. The Morgan fingerprint density at radius 2 is 1.36 bits per heavy atom. The predicted molar refractivity (Wildman–Crippen MR) is 113 cm³/mol. The van der Waals surface area contributed by atoms with E-state index in [1.54, 1.807) is 12.2 Å². The summed E-state index contributed by atoms with van der Waals surface area (Å²) in [6, 6.07) is 0. The lowest BCUT2D eigenvalue weighted by atomic mass is 9.87. The Labute approximate surface area is 155 Å². The van der Waals surface area contributed by atoms with Gasteiger partial charge in [0.2, 0.25) is 0 Å². The molecule has 25 heavy (non-hydrogen) atoms. The van der Waals surface area contributed by atoms with Crippen LogP contribution in [0.3, 0.4) is 0 Å². The average molecular weight is 339 g/mol. The Morgan fingerprint density at radius 3 is 1.80 bits per heavy atom. The van der Waals surface area contributed by atoms with Gasteiger partial charge in [0, 0.05) is 0 Å². The highest BCUT2D eigenvalue weighted by Crippen LogP contribution is 2.28. The summed E-state index contributed by atoms with van der Waals surface area (Å²) in [5.41, 5.74) is 2.50. The zero-order valence-corrected chi connectivity index (χ0v) is 16.9. The molecule has 0 spiro atoms. The molecular weight excluding hydrogens is 304 g/mol. The van der Waals surface area contributed by atoms with Crippen molar-refractivity contribution < 1.29 is 4.74 Å². The monoisotopic (exact) mass is 338 g/mol. The molecule has 0 bridgehead atoms. The van der Waals surface area contributed by atoms with Crippen LogP contribution in [0.15, 0.2) is 97.4 Å². The summed E-state index contributed by atoms with van der Waals surface area (Å²) < 4.78 is 6.25. The van der Waals surface area contributed by atoms with E-state index in [2.05, 4.69) is 47.1 Å². The van der Waals surface area contributed by atoms with Crippen molar-refractivity contribution in [3.8, 4) is 0 Å². The topological polar surface area (TPSA) is 9.23 Å². The lowest BCUT2D eigenvalue weighted by molar-refractivity contribution is 0.0791. The van der Waals surface area contributed by atoms with E-state index < -0.39 is 5.60 Å². The highest BCUT2D eigenvalue weighted by Gasteiger charge is 2.24. The van der Waals surface area contributed by atoms with Crippen molar-refractivity contribution >= 4 is 0 Å². The van der Waals surface area contributed by atoms with Gasteiger partial charge in [0.25, 0.3) is 0 Å². The molecule has 0 saturated heterocycles. The van der Waals surface area contributed by atoms with Gasteiger partial charge in [-0.3, -0.25) is 0 Å². The third-order valence-electron chi connectivity index (χ3n) is 3.61. The maximum atomic E-state index is 6.25. The minimum atomic E-state index is -0.539. The smallest absolute Gasteiger partial charge is 0.128 e. The molecule has 1 heteroatoms. The third kappa shape index (κ3) is 8.95. The van der Waals surface area contributed by atoms with E-state index >= 15 is 0 Å². The Kier molecular flexibility index (Phi) is 8.98. The zero-order chi connectivity index (χ0) is 19.7. The second kappa shape index (κ2) is 9.88. The molecule has 0 aliphatic rings. The van der Waals surface area contributed by atoms with Crippen molar-refractivity contribution in [3.05, 3.63) is 97.4 Å². The van der Waals surface area contributed by atoms with Crippen LogP contribution in [0.25, 0.3) is 0 Å². The van der Waals surface area contributed by atoms with Crippen molar-refractivity contribution in [2.45, 2.75) is 47.1 Å². The van der Waals surface area contributed by atoms with Crippen LogP contribution in [-0.2, 0) is 4.74 Å². The molecule has 0 rings (SSSR count). The van der Waals surface area contributed by atoms with Gasteiger partial charge in [0.05, 0.1) is 0 Å². The highest BCUT2D eigenvalue weighted by molar-refractivity contribution is 5.36. The van der Waals surface area contributed by atoms with Gasteiger partial charge in [-0.2, -0.15) is 0 Å². The number of hydrogen-bond acceptors (Lipinski definition) is 1. The van der Waals surface area contributed by atoms with Gasteiger partial charge in [-0.05, 0) is 49.5 Å². The molecule has 0 unspecified atom stereocenters. The molecule has 0 aromatic heterocycles. The van der Waals surface area contributed by atoms with E-state index in [9.17, 15) is 0 Å². The van der Waals surface area contributed by atoms with Crippen LogP contribution >= 0.6 is 0 Å². The van der Waals surface area contributed by atoms with Crippen molar-refractivity contribution in [2.75, 3.05) is 0 Å². The quantitative estimate of drug-likeness (QED) is 0.317. The first-order valence-electron chi connectivity index (χ1n) is 8.50. The molecule has 0 N–H and O–H groups in total. The Morgan fingerprint density at radius 1 is 0.800 bits per heavy atom. The molecule has 0 fully saturated rings. The maximum Gasteiger partial charge on any atom is 0.128 e. The first kappa shape index (κ1) is 22.7. The van der Waals surface area contributed by atoms with Gasteiger partial charge in [-0.15, -0.1) is 0 Å². The number of ether oxygens (including phenoxy) is 1. The summed E-state index contributed by atoms with van der Waals surface area (Å²) in [6.07, 6.45) is 15.2. The normalized spacial score (nSPS) is 14.0. The molecule has 0 aromatic carbocycles. The maximum absolute atomic E-state index is 6.25. The van der Waals surface area contributed by atoms with E-state index in [1.165, 1.54) is 0 Å². The summed E-state index contributed by atoms with van der Waals surface area (Å²) in [5, 5.41) is 0. The first-order valence-corrected chi connectivity index (χ1v) is 8.50. The van der Waals surface area contributed by atoms with Crippen molar-refractivity contribution in [2.24, 2.45) is 5.41 Å². The Hall–Kier alpha value is -2.28. The van der Waals surface area contributed by atoms with Gasteiger partial charge in [-0.1, -0.05) is 89.1 Å². The van der Waals surface area contributed by atoms with E-state index in [4.69, 9.17) is 4.74 Å². The molecule has 1 nitrogen and oxygen atoms in total. The lowest BCUT2D eigenvalue weighted by Gasteiger charge is -2.29. The first-order chi connectivity index (χ1) is 11.4. The van der Waals surface area contributed by atoms with Crippen LogP contribution in [0.4, 0.5) is 0 Å². The van der Waals surface area contributed by atoms with Gasteiger partial charge in [0.15, 0.2) is 0 Å². The fourth-order valence-electron chi connectivity index (χ4n) is 1.84. The van der Waals surface area contributed by atoms with Gasteiger partial charge >= 0.3 is 0 Å². The van der Waals surface area contributed by atoms with Crippen LogP contribution in [-0.4, -0.2) is 5.60 Å². The second-order valence-corrected chi connectivity index (χ2v) is 7.56. The molecule has 0 radical (unpaired) electrons. The van der Waals surface area contributed by atoms with E-state index in [0.29, 0.717) is 0 Å². The highest BCUT2D eigenvalue weighted by atomic mass is 16.5. The third-order valence-corrected chi connectivity index (χ3v) is 3.61. The minimum Gasteiger partial charge on any atom is -0.483 e. The molecule has 0 aromatic rings. The van der Waals surface area contributed by atoms with Crippen LogP contribution in [0, 0.1) is 5.41 Å². The fraction of sp³-hybridized carbons (Fsp3) is 0.333. The van der Waals surface area contributed by atoms with Crippen molar-refractivity contribution in [1.82, 2.24) is 0 Å². The summed E-state index contributed by atoms with van der Waals surface area (Å²) in [6.45, 7) is 28.0. The van der Waals surface area contributed by atoms with Crippen LogP contribution < -0.4 is 0 Å². The second-order valence-electron chi connectivity index (χ2n) is 7.56. The Bertz CT molecular complexity index is 625. The van der Waals surface area contributed by atoms with Crippen molar-refractivity contribution in [3.63, 3.8) is 0 Å². The summed E-state index contributed by atoms with van der Waals surface area (Å²) in [7, 11) is 0. The number of hydrogen-bond donors (Lipinski definition) is 0. The minimum absolute atomic E-state index is 0.0173. The van der Waals surface area contributed by atoms with Gasteiger partial charge in [0.1, 0.15) is 11.4 Å². The van der Waals surface area contributed by atoms with E-state index in [0.717, 1.165) is 22.5 Å². The predicted octanol–water partition coefficient (Wildman–Crippen LogP) is 7.25. The largest absolute Gasteiger partial charge is 0.483 e. The van der Waals surface area contributed by atoms with E-state index in [1.807, 2.05) is 57.2 Å².